The van der Waals surface area contributed by atoms with Crippen molar-refractivity contribution < 1.29 is 19.1 Å². The summed E-state index contributed by atoms with van der Waals surface area (Å²) in [5.41, 5.74) is 0.420. The summed E-state index contributed by atoms with van der Waals surface area (Å²) in [7, 11) is 0. The minimum atomic E-state index is -0.990. The molecule has 2 aromatic carbocycles. The molecule has 0 bridgehead atoms. The number of furan rings is 1. The number of nitrogens with one attached hydrogen (secondary N) is 1. The molecular weight excluding hydrogens is 472 g/mol. The van der Waals surface area contributed by atoms with Gasteiger partial charge in [0.1, 0.15) is 11.5 Å². The van der Waals surface area contributed by atoms with Crippen LogP contribution in [0, 0.1) is 0 Å². The lowest BCUT2D eigenvalue weighted by Crippen LogP contribution is -2.47. The van der Waals surface area contributed by atoms with Gasteiger partial charge in [-0.25, -0.2) is 0 Å². The van der Waals surface area contributed by atoms with Gasteiger partial charge in [-0.15, -0.1) is 0 Å². The summed E-state index contributed by atoms with van der Waals surface area (Å²) in [5, 5.41) is 13.9. The number of hydrogen-bond donors (Lipinski definition) is 2. The zero-order valence-electron chi connectivity index (χ0n) is 17.3. The van der Waals surface area contributed by atoms with Crippen LogP contribution in [0.2, 0.25) is 0 Å². The van der Waals surface area contributed by atoms with Crippen LogP contribution in [0.25, 0.3) is 6.08 Å². The molecule has 1 fully saturated rings. The maximum atomic E-state index is 13.3. The van der Waals surface area contributed by atoms with E-state index in [0.29, 0.717) is 37.3 Å². The summed E-state index contributed by atoms with van der Waals surface area (Å²) in [6.07, 6.45) is 3.84. The van der Waals surface area contributed by atoms with Gasteiger partial charge in [0.15, 0.2) is 0 Å². The normalized spacial score (nSPS) is 15.9. The number of halogens is 1. The standard InChI is InChI=1S/C25H23BrN2O4/c26-20-10-8-19(9-11-20)25(31)12-14-28(15-13-25)24(30)22(17-21-7-4-16-32-21)27-23(29)18-5-2-1-3-6-18/h1-11,16-17,31H,12-15H2,(H,27,29). The van der Waals surface area contributed by atoms with Crippen LogP contribution in [-0.2, 0) is 10.4 Å². The van der Waals surface area contributed by atoms with Crippen LogP contribution in [0.15, 0.2) is 87.6 Å². The molecular formula is C25H23BrN2O4. The van der Waals surface area contributed by atoms with E-state index < -0.39 is 5.60 Å². The molecule has 7 heteroatoms. The Hall–Kier alpha value is -3.16. The Labute approximate surface area is 194 Å². The zero-order valence-corrected chi connectivity index (χ0v) is 18.9. The second kappa shape index (κ2) is 9.54. The molecule has 2 amide bonds. The molecule has 2 N–H and O–H groups in total. The number of likely N-dealkylation sites (tertiary alicyclic amines) is 1. The molecule has 32 heavy (non-hydrogen) atoms. The van der Waals surface area contributed by atoms with Crippen molar-refractivity contribution in [2.24, 2.45) is 0 Å². The molecule has 0 radical (unpaired) electrons. The van der Waals surface area contributed by atoms with Gasteiger partial charge in [-0.1, -0.05) is 46.3 Å². The van der Waals surface area contributed by atoms with E-state index in [9.17, 15) is 14.7 Å². The van der Waals surface area contributed by atoms with Crippen molar-refractivity contribution in [2.75, 3.05) is 13.1 Å². The lowest BCUT2D eigenvalue weighted by molar-refractivity contribution is -0.131. The maximum absolute atomic E-state index is 13.3. The van der Waals surface area contributed by atoms with Crippen molar-refractivity contribution in [1.82, 2.24) is 10.2 Å². The molecule has 0 spiro atoms. The maximum Gasteiger partial charge on any atom is 0.270 e. The lowest BCUT2D eigenvalue weighted by atomic mass is 9.84. The van der Waals surface area contributed by atoms with Gasteiger partial charge < -0.3 is 19.7 Å². The van der Waals surface area contributed by atoms with Gasteiger partial charge in [0.2, 0.25) is 0 Å². The highest BCUT2D eigenvalue weighted by molar-refractivity contribution is 9.10. The number of nitrogens with zero attached hydrogens (tertiary/aromatic N) is 1. The Morgan fingerprint density at radius 1 is 1.00 bits per heavy atom. The summed E-state index contributed by atoms with van der Waals surface area (Å²) in [6, 6.07) is 19.7. The van der Waals surface area contributed by atoms with Crippen LogP contribution in [-0.4, -0.2) is 34.9 Å². The fraction of sp³-hybridized carbons (Fsp3) is 0.200. The van der Waals surface area contributed by atoms with Crippen molar-refractivity contribution in [2.45, 2.75) is 18.4 Å². The second-order valence-corrected chi connectivity index (χ2v) is 8.64. The SMILES string of the molecule is O=C(NC(=Cc1ccco1)C(=O)N1CCC(O)(c2ccc(Br)cc2)CC1)c1ccccc1. The first-order valence-corrected chi connectivity index (χ1v) is 11.1. The molecule has 0 aliphatic carbocycles. The van der Waals surface area contributed by atoms with Gasteiger partial charge in [-0.2, -0.15) is 0 Å². The van der Waals surface area contributed by atoms with Crippen LogP contribution in [0.3, 0.4) is 0 Å². The van der Waals surface area contributed by atoms with Crippen molar-refractivity contribution in [3.05, 3.63) is 100 Å². The van der Waals surface area contributed by atoms with Crippen LogP contribution >= 0.6 is 15.9 Å². The summed E-state index contributed by atoms with van der Waals surface area (Å²) in [4.78, 5) is 27.6. The molecule has 2 heterocycles. The van der Waals surface area contributed by atoms with Crippen LogP contribution in [0.4, 0.5) is 0 Å². The Morgan fingerprint density at radius 2 is 1.69 bits per heavy atom. The summed E-state index contributed by atoms with van der Waals surface area (Å²) < 4.78 is 6.29. The molecule has 4 rings (SSSR count). The third-order valence-electron chi connectivity index (χ3n) is 5.60. The minimum absolute atomic E-state index is 0.128. The Bertz CT molecular complexity index is 1100. The van der Waals surface area contributed by atoms with Crippen LogP contribution < -0.4 is 5.32 Å². The number of carbonyl (C=O) groups excluding carboxylic acids is 2. The van der Waals surface area contributed by atoms with E-state index in [-0.39, 0.29) is 17.5 Å². The van der Waals surface area contributed by atoms with Gasteiger partial charge in [0.25, 0.3) is 11.8 Å². The van der Waals surface area contributed by atoms with E-state index in [4.69, 9.17) is 4.42 Å². The van der Waals surface area contributed by atoms with Crippen molar-refractivity contribution in [1.29, 1.82) is 0 Å². The van der Waals surface area contributed by atoms with Gasteiger partial charge in [-0.05, 0) is 54.8 Å². The van der Waals surface area contributed by atoms with E-state index in [1.54, 1.807) is 41.3 Å². The van der Waals surface area contributed by atoms with E-state index in [0.717, 1.165) is 10.0 Å². The first-order valence-electron chi connectivity index (χ1n) is 10.3. The Kier molecular flexibility index (Phi) is 6.58. The van der Waals surface area contributed by atoms with Crippen molar-refractivity contribution in [3.8, 4) is 0 Å². The fourth-order valence-electron chi connectivity index (χ4n) is 3.75. The topological polar surface area (TPSA) is 82.8 Å². The van der Waals surface area contributed by atoms with E-state index in [1.165, 1.54) is 12.3 Å². The van der Waals surface area contributed by atoms with Gasteiger partial charge >= 0.3 is 0 Å². The molecule has 0 saturated carbocycles. The van der Waals surface area contributed by atoms with E-state index >= 15 is 0 Å². The average Bonchev–Trinajstić information content (AvgIpc) is 3.33. The third-order valence-corrected chi connectivity index (χ3v) is 6.13. The predicted octanol–water partition coefficient (Wildman–Crippen LogP) is 4.32. The molecule has 164 valence electrons. The Balaban J connectivity index is 1.50. The van der Waals surface area contributed by atoms with Gasteiger partial charge in [0.05, 0.1) is 11.9 Å². The van der Waals surface area contributed by atoms with E-state index in [1.807, 2.05) is 30.3 Å². The molecule has 6 nitrogen and oxygen atoms in total. The number of hydrogen-bond acceptors (Lipinski definition) is 4. The minimum Gasteiger partial charge on any atom is -0.465 e. The number of rotatable bonds is 5. The van der Waals surface area contributed by atoms with Gasteiger partial charge in [-0.3, -0.25) is 9.59 Å². The highest BCUT2D eigenvalue weighted by atomic mass is 79.9. The molecule has 3 aromatic rings. The van der Waals surface area contributed by atoms with Gasteiger partial charge in [0, 0.05) is 29.2 Å². The molecule has 1 aliphatic rings. The zero-order chi connectivity index (χ0) is 22.6. The number of carbonyl (C=O) groups is 2. The largest absolute Gasteiger partial charge is 0.465 e. The van der Waals surface area contributed by atoms with Crippen molar-refractivity contribution in [3.63, 3.8) is 0 Å². The molecule has 1 aliphatic heterocycles. The second-order valence-electron chi connectivity index (χ2n) is 7.72. The smallest absolute Gasteiger partial charge is 0.270 e. The number of aliphatic hydroxyl groups is 1. The van der Waals surface area contributed by atoms with E-state index in [2.05, 4.69) is 21.2 Å². The fourth-order valence-corrected chi connectivity index (χ4v) is 4.01. The average molecular weight is 495 g/mol. The van der Waals surface area contributed by atoms with Crippen LogP contribution in [0.5, 0.6) is 0 Å². The molecule has 0 atom stereocenters. The van der Waals surface area contributed by atoms with Crippen LogP contribution in [0.1, 0.15) is 34.5 Å². The summed E-state index contributed by atoms with van der Waals surface area (Å²) >= 11 is 3.41. The quantitative estimate of drug-likeness (QED) is 0.517. The number of piperidine rings is 1. The third kappa shape index (κ3) is 5.00. The number of benzene rings is 2. The Morgan fingerprint density at radius 3 is 2.31 bits per heavy atom. The first kappa shape index (κ1) is 22.0. The molecule has 0 unspecified atom stereocenters. The summed E-state index contributed by atoms with van der Waals surface area (Å²) in [5.74, 6) is -0.228. The lowest BCUT2D eigenvalue weighted by Gasteiger charge is -2.38. The predicted molar refractivity (Wildman–Crippen MR) is 124 cm³/mol. The monoisotopic (exact) mass is 494 g/mol. The highest BCUT2D eigenvalue weighted by Gasteiger charge is 2.36. The number of amides is 2. The van der Waals surface area contributed by atoms with Crippen molar-refractivity contribution >= 4 is 33.8 Å². The molecule has 1 saturated heterocycles. The first-order chi connectivity index (χ1) is 15.4. The molecule has 1 aromatic heterocycles. The summed E-state index contributed by atoms with van der Waals surface area (Å²) in [6.45, 7) is 0.726. The highest BCUT2D eigenvalue weighted by Crippen LogP contribution is 2.33.